The Morgan fingerprint density at radius 2 is 1.74 bits per heavy atom. The van der Waals surface area contributed by atoms with Crippen LogP contribution in [0.5, 0.6) is 5.75 Å². The number of benzene rings is 2. The summed E-state index contributed by atoms with van der Waals surface area (Å²) in [4.78, 5) is 11.7. The van der Waals surface area contributed by atoms with Crippen molar-refractivity contribution in [3.8, 4) is 5.75 Å². The van der Waals surface area contributed by atoms with Crippen LogP contribution in [0.1, 0.15) is 10.4 Å². The van der Waals surface area contributed by atoms with E-state index in [1.54, 1.807) is 0 Å². The molecule has 0 saturated heterocycles. The molecule has 0 aliphatic carbocycles. The fraction of sp³-hybridized carbons (Fsp3) is 0.0714. The largest absolute Gasteiger partial charge is 0.482 e. The third kappa shape index (κ3) is 3.34. The van der Waals surface area contributed by atoms with Crippen LogP contribution in [0.25, 0.3) is 0 Å². The average Bonchev–Trinajstić information content (AvgIpc) is 2.39. The molecule has 5 heteroatoms. The second kappa shape index (κ2) is 5.56. The molecular formula is C14H9F3O2. The minimum atomic E-state index is -0.770. The number of hydrogen-bond acceptors (Lipinski definition) is 2. The molecule has 19 heavy (non-hydrogen) atoms. The van der Waals surface area contributed by atoms with Gasteiger partial charge in [0.05, 0.1) is 0 Å². The number of carbonyl (C=O) groups excluding carboxylic acids is 1. The number of rotatable bonds is 4. The molecule has 2 aromatic rings. The first-order valence-electron chi connectivity index (χ1n) is 5.43. The SMILES string of the molecule is O=C(COc1cc(F)ccc1F)c1cccc(F)c1. The summed E-state index contributed by atoms with van der Waals surface area (Å²) in [7, 11) is 0. The van der Waals surface area contributed by atoms with Crippen LogP contribution in [0.15, 0.2) is 42.5 Å². The Bertz CT molecular complexity index is 611. The fourth-order valence-corrected chi connectivity index (χ4v) is 1.48. The lowest BCUT2D eigenvalue weighted by molar-refractivity contribution is 0.0918. The van der Waals surface area contributed by atoms with Crippen molar-refractivity contribution in [2.24, 2.45) is 0 Å². The van der Waals surface area contributed by atoms with Gasteiger partial charge < -0.3 is 4.74 Å². The van der Waals surface area contributed by atoms with Gasteiger partial charge in [-0.15, -0.1) is 0 Å². The summed E-state index contributed by atoms with van der Waals surface area (Å²) in [6.45, 7) is -0.496. The van der Waals surface area contributed by atoms with Gasteiger partial charge >= 0.3 is 0 Å². The van der Waals surface area contributed by atoms with Crippen molar-refractivity contribution in [3.05, 3.63) is 65.5 Å². The van der Waals surface area contributed by atoms with E-state index in [4.69, 9.17) is 4.74 Å². The highest BCUT2D eigenvalue weighted by atomic mass is 19.1. The highest BCUT2D eigenvalue weighted by Crippen LogP contribution is 2.18. The highest BCUT2D eigenvalue weighted by molar-refractivity contribution is 5.97. The highest BCUT2D eigenvalue weighted by Gasteiger charge is 2.10. The molecule has 0 aliphatic rings. The maximum absolute atomic E-state index is 13.2. The average molecular weight is 266 g/mol. The van der Waals surface area contributed by atoms with Crippen LogP contribution in [0, 0.1) is 17.5 Å². The Morgan fingerprint density at radius 1 is 1.00 bits per heavy atom. The lowest BCUT2D eigenvalue weighted by atomic mass is 10.1. The topological polar surface area (TPSA) is 26.3 Å². The zero-order valence-electron chi connectivity index (χ0n) is 9.70. The van der Waals surface area contributed by atoms with Crippen molar-refractivity contribution in [1.82, 2.24) is 0 Å². The van der Waals surface area contributed by atoms with E-state index in [1.165, 1.54) is 18.2 Å². The van der Waals surface area contributed by atoms with E-state index in [1.807, 2.05) is 0 Å². The predicted molar refractivity (Wildman–Crippen MR) is 62.6 cm³/mol. The molecule has 0 unspecified atom stereocenters. The van der Waals surface area contributed by atoms with Crippen LogP contribution in [0.4, 0.5) is 13.2 Å². The minimum Gasteiger partial charge on any atom is -0.482 e. The molecule has 0 radical (unpaired) electrons. The van der Waals surface area contributed by atoms with Crippen molar-refractivity contribution in [3.63, 3.8) is 0 Å². The second-order valence-electron chi connectivity index (χ2n) is 3.80. The first kappa shape index (κ1) is 13.1. The molecule has 0 spiro atoms. The number of halogens is 3. The van der Waals surface area contributed by atoms with E-state index in [0.717, 1.165) is 24.3 Å². The van der Waals surface area contributed by atoms with Crippen molar-refractivity contribution in [2.75, 3.05) is 6.61 Å². The molecule has 0 fully saturated rings. The van der Waals surface area contributed by atoms with Gasteiger partial charge in [-0.25, -0.2) is 13.2 Å². The first-order chi connectivity index (χ1) is 9.06. The zero-order valence-corrected chi connectivity index (χ0v) is 9.70. The van der Waals surface area contributed by atoms with Crippen molar-refractivity contribution < 1.29 is 22.7 Å². The summed E-state index contributed by atoms with van der Waals surface area (Å²) in [5.74, 6) is -2.88. The van der Waals surface area contributed by atoms with Crippen molar-refractivity contribution in [1.29, 1.82) is 0 Å². The quantitative estimate of drug-likeness (QED) is 0.793. The molecule has 98 valence electrons. The number of ketones is 1. The molecule has 0 atom stereocenters. The van der Waals surface area contributed by atoms with Gasteiger partial charge in [0.2, 0.25) is 0 Å². The van der Waals surface area contributed by atoms with Gasteiger partial charge in [-0.1, -0.05) is 12.1 Å². The Hall–Kier alpha value is -2.30. The molecule has 0 saturated carbocycles. The maximum Gasteiger partial charge on any atom is 0.200 e. The van der Waals surface area contributed by atoms with Crippen LogP contribution in [-0.2, 0) is 0 Å². The van der Waals surface area contributed by atoms with Crippen LogP contribution >= 0.6 is 0 Å². The summed E-state index contributed by atoms with van der Waals surface area (Å²) < 4.78 is 43.9. The number of hydrogen-bond donors (Lipinski definition) is 0. The monoisotopic (exact) mass is 266 g/mol. The van der Waals surface area contributed by atoms with Gasteiger partial charge in [0, 0.05) is 11.6 Å². The van der Waals surface area contributed by atoms with E-state index in [0.29, 0.717) is 0 Å². The molecule has 0 aromatic heterocycles. The van der Waals surface area contributed by atoms with Crippen molar-refractivity contribution in [2.45, 2.75) is 0 Å². The standard InChI is InChI=1S/C14H9F3O2/c15-10-3-1-2-9(6-10)13(18)8-19-14-7-11(16)4-5-12(14)17/h1-7H,8H2. The predicted octanol–water partition coefficient (Wildman–Crippen LogP) is 3.37. The van der Waals surface area contributed by atoms with Gasteiger partial charge in [0.25, 0.3) is 0 Å². The minimum absolute atomic E-state index is 0.108. The van der Waals surface area contributed by atoms with Gasteiger partial charge in [0.15, 0.2) is 24.0 Å². The normalized spacial score (nSPS) is 10.3. The fourth-order valence-electron chi connectivity index (χ4n) is 1.48. The van der Waals surface area contributed by atoms with Gasteiger partial charge in [-0.2, -0.15) is 0 Å². The van der Waals surface area contributed by atoms with Crippen LogP contribution in [0.2, 0.25) is 0 Å². The first-order valence-corrected chi connectivity index (χ1v) is 5.43. The third-order valence-electron chi connectivity index (χ3n) is 2.40. The Kier molecular flexibility index (Phi) is 3.85. The molecule has 0 amide bonds. The number of ether oxygens (including phenoxy) is 1. The lowest BCUT2D eigenvalue weighted by Gasteiger charge is -2.06. The molecule has 2 nitrogen and oxygen atoms in total. The molecule has 0 heterocycles. The van der Waals surface area contributed by atoms with Gasteiger partial charge in [0.1, 0.15) is 11.6 Å². The Morgan fingerprint density at radius 3 is 2.47 bits per heavy atom. The van der Waals surface area contributed by atoms with Gasteiger partial charge in [-0.3, -0.25) is 4.79 Å². The lowest BCUT2D eigenvalue weighted by Crippen LogP contribution is -2.12. The molecular weight excluding hydrogens is 257 g/mol. The van der Waals surface area contributed by atoms with Crippen LogP contribution in [-0.4, -0.2) is 12.4 Å². The Labute approximate surface area is 107 Å². The van der Waals surface area contributed by atoms with Crippen LogP contribution in [0.3, 0.4) is 0 Å². The molecule has 2 aromatic carbocycles. The smallest absolute Gasteiger partial charge is 0.200 e. The summed E-state index contributed by atoms with van der Waals surface area (Å²) in [6, 6.07) is 7.72. The summed E-state index contributed by atoms with van der Waals surface area (Å²) in [6.07, 6.45) is 0. The van der Waals surface area contributed by atoms with E-state index in [2.05, 4.69) is 0 Å². The van der Waals surface area contributed by atoms with E-state index >= 15 is 0 Å². The number of carbonyl (C=O) groups is 1. The van der Waals surface area contributed by atoms with E-state index in [9.17, 15) is 18.0 Å². The molecule has 0 bridgehead atoms. The number of Topliss-reactive ketones (excluding diaryl/α,β-unsaturated/α-hetero) is 1. The Balaban J connectivity index is 2.06. The van der Waals surface area contributed by atoms with Crippen molar-refractivity contribution >= 4 is 5.78 Å². The molecule has 2 rings (SSSR count). The molecule has 0 aliphatic heterocycles. The zero-order chi connectivity index (χ0) is 13.8. The molecule has 0 N–H and O–H groups in total. The summed E-state index contributed by atoms with van der Waals surface area (Å²) in [5.41, 5.74) is 0.108. The van der Waals surface area contributed by atoms with E-state index in [-0.39, 0.29) is 11.3 Å². The van der Waals surface area contributed by atoms with Crippen LogP contribution < -0.4 is 4.74 Å². The maximum atomic E-state index is 13.2. The summed E-state index contributed by atoms with van der Waals surface area (Å²) in [5, 5.41) is 0. The second-order valence-corrected chi connectivity index (χ2v) is 3.80. The van der Waals surface area contributed by atoms with E-state index < -0.39 is 29.8 Å². The third-order valence-corrected chi connectivity index (χ3v) is 2.40. The summed E-state index contributed by atoms with van der Waals surface area (Å²) >= 11 is 0. The van der Waals surface area contributed by atoms with Gasteiger partial charge in [-0.05, 0) is 24.3 Å².